The van der Waals surface area contributed by atoms with Crippen molar-refractivity contribution in [1.82, 2.24) is 20.1 Å². The molecule has 0 spiro atoms. The Morgan fingerprint density at radius 3 is 2.37 bits per heavy atom. The number of fused-ring (bicyclic) bond motifs is 1. The molecule has 0 saturated heterocycles. The van der Waals surface area contributed by atoms with Crippen LogP contribution in [-0.4, -0.2) is 58.6 Å². The van der Waals surface area contributed by atoms with Gasteiger partial charge in [0.05, 0.1) is 30.9 Å². The molecular weight excluding hydrogens is 390 g/mol. The molecule has 3 amide bonds. The topological polar surface area (TPSA) is 127 Å². The Balaban J connectivity index is 1.47. The van der Waals surface area contributed by atoms with Gasteiger partial charge in [0.1, 0.15) is 18.0 Å². The predicted octanol–water partition coefficient (Wildman–Crippen LogP) is 1.72. The van der Waals surface area contributed by atoms with Crippen LogP contribution >= 0.6 is 0 Å². The number of rotatable bonds is 6. The Morgan fingerprint density at radius 1 is 1.03 bits per heavy atom. The van der Waals surface area contributed by atoms with Gasteiger partial charge >= 0.3 is 0 Å². The second-order valence-corrected chi connectivity index (χ2v) is 6.36. The van der Waals surface area contributed by atoms with Crippen LogP contribution in [0.3, 0.4) is 0 Å². The van der Waals surface area contributed by atoms with E-state index in [9.17, 15) is 14.4 Å². The van der Waals surface area contributed by atoms with Gasteiger partial charge in [0.15, 0.2) is 5.82 Å². The molecule has 0 fully saturated rings. The van der Waals surface area contributed by atoms with E-state index in [1.165, 1.54) is 7.11 Å². The second kappa shape index (κ2) is 7.66. The molecule has 4 rings (SSSR count). The number of aromatic amines is 1. The largest absolute Gasteiger partial charge is 0.497 e. The molecular formula is C20H17N5O5. The summed E-state index contributed by atoms with van der Waals surface area (Å²) < 4.78 is 10.5. The Morgan fingerprint density at radius 2 is 1.73 bits per heavy atom. The SMILES string of the molecule is COc1ccc(-c2nc(NC(=O)CN3C(=O)c4ccccc4C3=O)n[nH]2)c(OC)c1. The van der Waals surface area contributed by atoms with E-state index in [0.717, 1.165) is 4.90 Å². The lowest BCUT2D eigenvalue weighted by atomic mass is 10.1. The maximum Gasteiger partial charge on any atom is 0.262 e. The van der Waals surface area contributed by atoms with Gasteiger partial charge in [-0.1, -0.05) is 12.1 Å². The Hall–Kier alpha value is -4.21. The average Bonchev–Trinajstić information content (AvgIpc) is 3.32. The average molecular weight is 407 g/mol. The van der Waals surface area contributed by atoms with Crippen LogP contribution in [0.15, 0.2) is 42.5 Å². The first-order valence-corrected chi connectivity index (χ1v) is 8.91. The number of nitrogens with zero attached hydrogens (tertiary/aromatic N) is 3. The monoisotopic (exact) mass is 407 g/mol. The molecule has 0 saturated carbocycles. The highest BCUT2D eigenvalue weighted by atomic mass is 16.5. The van der Waals surface area contributed by atoms with Gasteiger partial charge in [-0.3, -0.25) is 29.7 Å². The van der Waals surface area contributed by atoms with Gasteiger partial charge in [-0.2, -0.15) is 4.98 Å². The van der Waals surface area contributed by atoms with Crippen molar-refractivity contribution in [3.05, 3.63) is 53.6 Å². The quantitative estimate of drug-likeness (QED) is 0.596. The van der Waals surface area contributed by atoms with Gasteiger partial charge in [-0.25, -0.2) is 0 Å². The number of imide groups is 1. The highest BCUT2D eigenvalue weighted by Crippen LogP contribution is 2.31. The molecule has 2 heterocycles. The van der Waals surface area contributed by atoms with Crippen LogP contribution in [0, 0.1) is 0 Å². The summed E-state index contributed by atoms with van der Waals surface area (Å²) in [6.07, 6.45) is 0. The minimum absolute atomic E-state index is 0.00415. The second-order valence-electron chi connectivity index (χ2n) is 6.36. The molecule has 0 unspecified atom stereocenters. The normalized spacial score (nSPS) is 12.7. The van der Waals surface area contributed by atoms with Crippen LogP contribution in [0.4, 0.5) is 5.95 Å². The van der Waals surface area contributed by atoms with E-state index in [0.29, 0.717) is 22.9 Å². The molecule has 0 aliphatic carbocycles. The zero-order valence-corrected chi connectivity index (χ0v) is 16.1. The molecule has 1 aromatic heterocycles. The minimum atomic E-state index is -0.600. The van der Waals surface area contributed by atoms with Crippen molar-refractivity contribution >= 4 is 23.7 Å². The summed E-state index contributed by atoms with van der Waals surface area (Å²) in [5.74, 6) is -0.125. The third-order valence-electron chi connectivity index (χ3n) is 4.58. The summed E-state index contributed by atoms with van der Waals surface area (Å²) in [5, 5.41) is 9.16. The van der Waals surface area contributed by atoms with Gasteiger partial charge in [-0.15, -0.1) is 5.10 Å². The first-order valence-electron chi connectivity index (χ1n) is 8.91. The molecule has 0 radical (unpaired) electrons. The summed E-state index contributed by atoms with van der Waals surface area (Å²) in [6.45, 7) is -0.442. The van der Waals surface area contributed by atoms with Gasteiger partial charge in [-0.05, 0) is 24.3 Å². The molecule has 1 aliphatic rings. The lowest BCUT2D eigenvalue weighted by molar-refractivity contribution is -0.116. The van der Waals surface area contributed by atoms with Crippen LogP contribution in [0.1, 0.15) is 20.7 Å². The third-order valence-corrected chi connectivity index (χ3v) is 4.58. The van der Waals surface area contributed by atoms with Gasteiger partial charge in [0, 0.05) is 6.07 Å². The number of ether oxygens (including phenoxy) is 2. The van der Waals surface area contributed by atoms with E-state index >= 15 is 0 Å². The van der Waals surface area contributed by atoms with Crippen LogP contribution in [-0.2, 0) is 4.79 Å². The molecule has 1 aliphatic heterocycles. The van der Waals surface area contributed by atoms with Crippen LogP contribution in [0.25, 0.3) is 11.4 Å². The summed E-state index contributed by atoms with van der Waals surface area (Å²) in [4.78, 5) is 42.2. The number of carbonyl (C=O) groups is 3. The minimum Gasteiger partial charge on any atom is -0.497 e. The van der Waals surface area contributed by atoms with E-state index in [-0.39, 0.29) is 17.1 Å². The van der Waals surface area contributed by atoms with Crippen molar-refractivity contribution in [2.75, 3.05) is 26.1 Å². The molecule has 0 atom stereocenters. The molecule has 3 aromatic rings. The van der Waals surface area contributed by atoms with Crippen LogP contribution < -0.4 is 14.8 Å². The number of hydrogen-bond donors (Lipinski definition) is 2. The third kappa shape index (κ3) is 3.34. The molecule has 10 nitrogen and oxygen atoms in total. The van der Waals surface area contributed by atoms with Crippen molar-refractivity contribution in [2.24, 2.45) is 0 Å². The van der Waals surface area contributed by atoms with Crippen LogP contribution in [0.2, 0.25) is 0 Å². The van der Waals surface area contributed by atoms with E-state index in [4.69, 9.17) is 9.47 Å². The zero-order valence-electron chi connectivity index (χ0n) is 16.1. The highest BCUT2D eigenvalue weighted by molar-refractivity contribution is 6.22. The summed E-state index contributed by atoms with van der Waals surface area (Å²) in [7, 11) is 3.06. The number of H-pyrrole nitrogens is 1. The Labute approximate surface area is 170 Å². The van der Waals surface area contributed by atoms with Crippen molar-refractivity contribution < 1.29 is 23.9 Å². The number of hydrogen-bond acceptors (Lipinski definition) is 7. The van der Waals surface area contributed by atoms with Gasteiger partial charge < -0.3 is 9.47 Å². The lowest BCUT2D eigenvalue weighted by Crippen LogP contribution is -2.37. The number of methoxy groups -OCH3 is 2. The van der Waals surface area contributed by atoms with Crippen LogP contribution in [0.5, 0.6) is 11.5 Å². The maximum absolute atomic E-state index is 12.4. The highest BCUT2D eigenvalue weighted by Gasteiger charge is 2.36. The standard InChI is InChI=1S/C20H17N5O5/c1-29-11-7-8-14(15(9-11)30-2)17-22-20(24-23-17)21-16(26)10-25-18(27)12-5-3-4-6-13(12)19(25)28/h3-9H,10H2,1-2H3,(H2,21,22,23,24,26). The predicted molar refractivity (Wildman–Crippen MR) is 105 cm³/mol. The fourth-order valence-corrected chi connectivity index (χ4v) is 3.12. The van der Waals surface area contributed by atoms with Gasteiger partial charge in [0.2, 0.25) is 11.9 Å². The van der Waals surface area contributed by atoms with E-state index in [1.54, 1.807) is 49.6 Å². The zero-order chi connectivity index (χ0) is 21.3. The van der Waals surface area contributed by atoms with Crippen molar-refractivity contribution in [2.45, 2.75) is 0 Å². The van der Waals surface area contributed by atoms with Crippen molar-refractivity contribution in [3.63, 3.8) is 0 Å². The smallest absolute Gasteiger partial charge is 0.262 e. The molecule has 0 bridgehead atoms. The summed E-state index contributed by atoms with van der Waals surface area (Å²) >= 11 is 0. The lowest BCUT2D eigenvalue weighted by Gasteiger charge is -2.12. The Kier molecular flexibility index (Phi) is 4.88. The fraction of sp³-hybridized carbons (Fsp3) is 0.150. The van der Waals surface area contributed by atoms with Crippen molar-refractivity contribution in [3.8, 4) is 22.9 Å². The van der Waals surface area contributed by atoms with E-state index < -0.39 is 24.3 Å². The molecule has 152 valence electrons. The molecule has 30 heavy (non-hydrogen) atoms. The van der Waals surface area contributed by atoms with E-state index in [1.807, 2.05) is 0 Å². The number of amides is 3. The summed E-state index contributed by atoms with van der Waals surface area (Å²) in [5.41, 5.74) is 1.18. The van der Waals surface area contributed by atoms with Gasteiger partial charge in [0.25, 0.3) is 11.8 Å². The number of carbonyl (C=O) groups excluding carboxylic acids is 3. The van der Waals surface area contributed by atoms with Crippen molar-refractivity contribution in [1.29, 1.82) is 0 Å². The number of benzene rings is 2. The molecule has 2 aromatic carbocycles. The number of anilines is 1. The number of nitrogens with one attached hydrogen (secondary N) is 2. The summed E-state index contributed by atoms with van der Waals surface area (Å²) in [6, 6.07) is 11.6. The molecule has 10 heteroatoms. The maximum atomic E-state index is 12.4. The number of aromatic nitrogens is 3. The Bertz CT molecular complexity index is 1120. The van der Waals surface area contributed by atoms with E-state index in [2.05, 4.69) is 20.5 Å². The first-order chi connectivity index (χ1) is 14.5. The molecule has 2 N–H and O–H groups in total. The fourth-order valence-electron chi connectivity index (χ4n) is 3.12. The first kappa shape index (κ1) is 19.1.